The fourth-order valence-electron chi connectivity index (χ4n) is 4.26. The maximum atomic E-state index is 10.1. The first-order chi connectivity index (χ1) is 13.7. The Balaban J connectivity index is 1.49. The second kappa shape index (κ2) is 10.6. The van der Waals surface area contributed by atoms with Gasteiger partial charge in [0, 0.05) is 39.3 Å². The van der Waals surface area contributed by atoms with Crippen LogP contribution in [0.25, 0.3) is 0 Å². The van der Waals surface area contributed by atoms with Crippen LogP contribution in [0.1, 0.15) is 33.1 Å². The summed E-state index contributed by atoms with van der Waals surface area (Å²) in [6.45, 7) is 13.5. The molecular formula is C22H37N5O. The first-order valence-corrected chi connectivity index (χ1v) is 11.0. The number of nitrogens with one attached hydrogen (secondary N) is 1. The van der Waals surface area contributed by atoms with Gasteiger partial charge in [0.1, 0.15) is 5.75 Å². The van der Waals surface area contributed by atoms with Gasteiger partial charge < -0.3 is 25.1 Å². The summed E-state index contributed by atoms with van der Waals surface area (Å²) >= 11 is 0. The zero-order valence-corrected chi connectivity index (χ0v) is 17.6. The minimum atomic E-state index is 0.366. The molecule has 2 heterocycles. The monoisotopic (exact) mass is 387 g/mol. The van der Waals surface area contributed by atoms with E-state index < -0.39 is 0 Å². The quantitative estimate of drug-likeness (QED) is 0.580. The summed E-state index contributed by atoms with van der Waals surface area (Å²) in [5, 5.41) is 13.6. The highest BCUT2D eigenvalue weighted by Crippen LogP contribution is 2.27. The van der Waals surface area contributed by atoms with Crippen molar-refractivity contribution in [1.82, 2.24) is 15.1 Å². The molecule has 0 bridgehead atoms. The number of likely N-dealkylation sites (tertiary alicyclic amines) is 1. The van der Waals surface area contributed by atoms with Crippen molar-refractivity contribution in [2.24, 2.45) is 10.9 Å². The summed E-state index contributed by atoms with van der Waals surface area (Å²) in [5.74, 6) is 2.24. The summed E-state index contributed by atoms with van der Waals surface area (Å²) in [4.78, 5) is 12.1. The second-order valence-electron chi connectivity index (χ2n) is 7.86. The summed E-state index contributed by atoms with van der Waals surface area (Å²) < 4.78 is 0. The maximum Gasteiger partial charge on any atom is 0.194 e. The largest absolute Gasteiger partial charge is 0.506 e. The molecule has 2 aliphatic heterocycles. The minimum absolute atomic E-state index is 0.366. The number of piperazine rings is 1. The summed E-state index contributed by atoms with van der Waals surface area (Å²) in [6.07, 6.45) is 3.84. The molecule has 0 spiro atoms. The van der Waals surface area contributed by atoms with E-state index in [1.54, 1.807) is 6.07 Å². The highest BCUT2D eigenvalue weighted by atomic mass is 16.3. The van der Waals surface area contributed by atoms with Crippen LogP contribution in [-0.4, -0.2) is 79.8 Å². The van der Waals surface area contributed by atoms with Gasteiger partial charge in [-0.05, 0) is 63.9 Å². The average molecular weight is 388 g/mol. The number of rotatable bonds is 6. The Morgan fingerprint density at radius 3 is 2.43 bits per heavy atom. The fraction of sp³-hybridized carbons (Fsp3) is 0.682. The molecule has 0 unspecified atom stereocenters. The van der Waals surface area contributed by atoms with Crippen LogP contribution in [0.2, 0.25) is 0 Å². The summed E-state index contributed by atoms with van der Waals surface area (Å²) in [6, 6.07) is 7.61. The molecule has 2 N–H and O–H groups in total. The smallest absolute Gasteiger partial charge is 0.194 e. The molecule has 2 fully saturated rings. The second-order valence-corrected chi connectivity index (χ2v) is 7.86. The number of aromatic hydroxyl groups is 1. The number of phenolic OH excluding ortho intramolecular Hbond substituents is 1. The van der Waals surface area contributed by atoms with Crippen LogP contribution >= 0.6 is 0 Å². The van der Waals surface area contributed by atoms with Gasteiger partial charge in [-0.2, -0.15) is 0 Å². The van der Waals surface area contributed by atoms with Crippen LogP contribution in [0.15, 0.2) is 29.3 Å². The fourth-order valence-corrected chi connectivity index (χ4v) is 4.26. The molecule has 6 nitrogen and oxygen atoms in total. The van der Waals surface area contributed by atoms with Crippen molar-refractivity contribution in [1.29, 1.82) is 0 Å². The zero-order chi connectivity index (χ0) is 19.8. The highest BCUT2D eigenvalue weighted by molar-refractivity contribution is 5.80. The van der Waals surface area contributed by atoms with Gasteiger partial charge >= 0.3 is 0 Å². The number of para-hydroxylation sites is 2. The molecule has 0 aliphatic carbocycles. The Morgan fingerprint density at radius 2 is 1.79 bits per heavy atom. The predicted molar refractivity (Wildman–Crippen MR) is 117 cm³/mol. The first kappa shape index (κ1) is 20.8. The van der Waals surface area contributed by atoms with Crippen molar-refractivity contribution in [2.75, 3.05) is 63.8 Å². The Kier molecular flexibility index (Phi) is 7.83. The van der Waals surface area contributed by atoms with E-state index in [0.717, 1.165) is 56.8 Å². The van der Waals surface area contributed by atoms with E-state index in [4.69, 9.17) is 4.99 Å². The molecule has 1 aromatic rings. The lowest BCUT2D eigenvalue weighted by Crippen LogP contribution is -2.52. The number of anilines is 1. The predicted octanol–water partition coefficient (Wildman–Crippen LogP) is 2.60. The zero-order valence-electron chi connectivity index (χ0n) is 17.6. The standard InChI is InChI=1S/C22H37N5O/c1-3-23-22(24-12-9-19-10-13-25(4-2)14-11-19)27-17-15-26(16-18-27)20-7-5-6-8-21(20)28/h5-8,19,28H,3-4,9-18H2,1-2H3,(H,23,24). The van der Waals surface area contributed by atoms with Crippen molar-refractivity contribution in [3.05, 3.63) is 24.3 Å². The van der Waals surface area contributed by atoms with Gasteiger partial charge in [0.2, 0.25) is 0 Å². The number of hydrogen-bond donors (Lipinski definition) is 2. The lowest BCUT2D eigenvalue weighted by Gasteiger charge is -2.38. The topological polar surface area (TPSA) is 54.3 Å². The SMILES string of the molecule is CCNC(=NCCC1CCN(CC)CC1)N1CCN(c2ccccc2O)CC1. The van der Waals surface area contributed by atoms with E-state index in [2.05, 4.69) is 33.9 Å². The van der Waals surface area contributed by atoms with E-state index in [1.165, 1.54) is 38.9 Å². The number of aliphatic imine (C=N–C) groups is 1. The van der Waals surface area contributed by atoms with Gasteiger partial charge in [0.05, 0.1) is 5.69 Å². The molecule has 6 heteroatoms. The van der Waals surface area contributed by atoms with E-state index in [0.29, 0.717) is 5.75 Å². The van der Waals surface area contributed by atoms with E-state index in [1.807, 2.05) is 18.2 Å². The van der Waals surface area contributed by atoms with E-state index >= 15 is 0 Å². The van der Waals surface area contributed by atoms with Gasteiger partial charge in [-0.15, -0.1) is 0 Å². The van der Waals surface area contributed by atoms with Gasteiger partial charge in [-0.25, -0.2) is 0 Å². The molecule has 0 amide bonds. The van der Waals surface area contributed by atoms with Gasteiger partial charge in [0.25, 0.3) is 0 Å². The van der Waals surface area contributed by atoms with Crippen LogP contribution < -0.4 is 10.2 Å². The molecule has 2 saturated heterocycles. The Bertz CT molecular complexity index is 619. The summed E-state index contributed by atoms with van der Waals surface area (Å²) in [7, 11) is 0. The van der Waals surface area contributed by atoms with Crippen LogP contribution in [0.5, 0.6) is 5.75 Å². The lowest BCUT2D eigenvalue weighted by atomic mass is 9.94. The van der Waals surface area contributed by atoms with Crippen molar-refractivity contribution < 1.29 is 5.11 Å². The molecule has 156 valence electrons. The van der Waals surface area contributed by atoms with Crippen molar-refractivity contribution >= 4 is 11.6 Å². The molecule has 3 rings (SSSR count). The number of benzene rings is 1. The van der Waals surface area contributed by atoms with Crippen molar-refractivity contribution in [3.63, 3.8) is 0 Å². The van der Waals surface area contributed by atoms with E-state index in [9.17, 15) is 5.11 Å². The van der Waals surface area contributed by atoms with Crippen LogP contribution in [0.4, 0.5) is 5.69 Å². The Labute approximate surface area is 170 Å². The summed E-state index contributed by atoms with van der Waals surface area (Å²) in [5.41, 5.74) is 0.933. The molecule has 0 saturated carbocycles. The molecule has 0 aromatic heterocycles. The van der Waals surface area contributed by atoms with E-state index in [-0.39, 0.29) is 0 Å². The van der Waals surface area contributed by atoms with Crippen molar-refractivity contribution in [2.45, 2.75) is 33.1 Å². The molecule has 1 aromatic carbocycles. The number of guanidine groups is 1. The first-order valence-electron chi connectivity index (χ1n) is 11.0. The van der Waals surface area contributed by atoms with Crippen molar-refractivity contribution in [3.8, 4) is 5.75 Å². The maximum absolute atomic E-state index is 10.1. The molecule has 0 radical (unpaired) electrons. The molecule has 0 atom stereocenters. The van der Waals surface area contributed by atoms with Gasteiger partial charge in [-0.1, -0.05) is 19.1 Å². The third kappa shape index (κ3) is 5.53. The average Bonchev–Trinajstić information content (AvgIpc) is 2.74. The third-order valence-corrected chi connectivity index (χ3v) is 6.09. The molecule has 28 heavy (non-hydrogen) atoms. The highest BCUT2D eigenvalue weighted by Gasteiger charge is 2.22. The minimum Gasteiger partial charge on any atom is -0.506 e. The number of piperidine rings is 1. The normalized spacial score (nSPS) is 19.9. The van der Waals surface area contributed by atoms with Gasteiger partial charge in [0.15, 0.2) is 5.96 Å². The number of phenols is 1. The Morgan fingerprint density at radius 1 is 1.07 bits per heavy atom. The number of nitrogens with zero attached hydrogens (tertiary/aromatic N) is 4. The molecule has 2 aliphatic rings. The van der Waals surface area contributed by atoms with Crippen LogP contribution in [-0.2, 0) is 0 Å². The van der Waals surface area contributed by atoms with Gasteiger partial charge in [-0.3, -0.25) is 4.99 Å². The number of hydrogen-bond acceptors (Lipinski definition) is 4. The Hall–Kier alpha value is -1.95. The lowest BCUT2D eigenvalue weighted by molar-refractivity contribution is 0.188. The van der Waals surface area contributed by atoms with Crippen LogP contribution in [0.3, 0.4) is 0 Å². The third-order valence-electron chi connectivity index (χ3n) is 6.09. The molecular weight excluding hydrogens is 350 g/mol. The van der Waals surface area contributed by atoms with Crippen LogP contribution in [0, 0.1) is 5.92 Å².